The number of aliphatic hydroxyl groups is 2. The lowest BCUT2D eigenvalue weighted by atomic mass is 10.0. The van der Waals surface area contributed by atoms with Crippen molar-refractivity contribution in [2.45, 2.75) is 24.6 Å². The van der Waals surface area contributed by atoms with Gasteiger partial charge in [0.25, 0.3) is 0 Å². The molecule has 0 aliphatic heterocycles. The van der Waals surface area contributed by atoms with Gasteiger partial charge in [-0.2, -0.15) is 0 Å². The van der Waals surface area contributed by atoms with Crippen molar-refractivity contribution in [2.24, 2.45) is 0 Å². The SMILES string of the molecule is CCC(CO)(CO)NS(=O)(=O)Cc1ccc(C(=O)O)cc1. The smallest absolute Gasteiger partial charge is 0.335 e. The molecule has 0 aliphatic carbocycles. The summed E-state index contributed by atoms with van der Waals surface area (Å²) in [7, 11) is -3.78. The Labute approximate surface area is 123 Å². The first-order chi connectivity index (χ1) is 9.77. The molecule has 0 unspecified atom stereocenters. The maximum absolute atomic E-state index is 12.1. The number of aliphatic hydroxyl groups excluding tert-OH is 2. The van der Waals surface area contributed by atoms with E-state index in [2.05, 4.69) is 4.72 Å². The van der Waals surface area contributed by atoms with Crippen LogP contribution in [0.2, 0.25) is 0 Å². The van der Waals surface area contributed by atoms with E-state index in [0.29, 0.717) is 5.56 Å². The molecule has 1 rings (SSSR count). The molecule has 0 spiro atoms. The molecule has 0 heterocycles. The molecule has 0 saturated heterocycles. The number of nitrogens with one attached hydrogen (secondary N) is 1. The van der Waals surface area contributed by atoms with Crippen molar-refractivity contribution in [3.05, 3.63) is 35.4 Å². The average molecular weight is 317 g/mol. The monoisotopic (exact) mass is 317 g/mol. The van der Waals surface area contributed by atoms with Crippen LogP contribution in [-0.2, 0) is 15.8 Å². The van der Waals surface area contributed by atoms with Crippen molar-refractivity contribution in [2.75, 3.05) is 13.2 Å². The Balaban J connectivity index is 2.87. The van der Waals surface area contributed by atoms with Crippen molar-refractivity contribution in [3.8, 4) is 0 Å². The highest BCUT2D eigenvalue weighted by molar-refractivity contribution is 7.88. The van der Waals surface area contributed by atoms with E-state index in [0.717, 1.165) is 0 Å². The molecule has 8 heteroatoms. The maximum atomic E-state index is 12.1. The standard InChI is InChI=1S/C13H19NO6S/c1-2-13(8-15,9-16)14-21(19,20)7-10-3-5-11(6-4-10)12(17)18/h3-6,14-16H,2,7-9H2,1H3,(H,17,18). The van der Waals surface area contributed by atoms with Crippen LogP contribution in [0.15, 0.2) is 24.3 Å². The third-order valence-corrected chi connectivity index (χ3v) is 4.67. The van der Waals surface area contributed by atoms with Gasteiger partial charge in [0.05, 0.1) is 30.1 Å². The van der Waals surface area contributed by atoms with Crippen LogP contribution in [0.3, 0.4) is 0 Å². The molecule has 7 nitrogen and oxygen atoms in total. The first kappa shape index (κ1) is 17.6. The fraction of sp³-hybridized carbons (Fsp3) is 0.462. The van der Waals surface area contributed by atoms with Gasteiger partial charge >= 0.3 is 5.97 Å². The summed E-state index contributed by atoms with van der Waals surface area (Å²) in [6, 6.07) is 5.46. The molecule has 21 heavy (non-hydrogen) atoms. The molecule has 0 amide bonds. The second-order valence-electron chi connectivity index (χ2n) is 4.81. The zero-order valence-corrected chi connectivity index (χ0v) is 12.4. The van der Waals surface area contributed by atoms with E-state index >= 15 is 0 Å². The third kappa shape index (κ3) is 4.78. The summed E-state index contributed by atoms with van der Waals surface area (Å²) in [6.45, 7) is 0.616. The molecular formula is C13H19NO6S. The lowest BCUT2D eigenvalue weighted by Gasteiger charge is -2.29. The second kappa shape index (κ2) is 6.99. The number of benzene rings is 1. The lowest BCUT2D eigenvalue weighted by Crippen LogP contribution is -2.53. The molecule has 0 aliphatic rings. The van der Waals surface area contributed by atoms with E-state index in [9.17, 15) is 23.4 Å². The molecular weight excluding hydrogens is 298 g/mol. The van der Waals surface area contributed by atoms with Crippen LogP contribution in [0.25, 0.3) is 0 Å². The van der Waals surface area contributed by atoms with Crippen LogP contribution in [-0.4, -0.2) is 48.5 Å². The summed E-state index contributed by atoms with van der Waals surface area (Å²) in [5, 5.41) is 27.3. The van der Waals surface area contributed by atoms with Gasteiger partial charge in [-0.25, -0.2) is 17.9 Å². The van der Waals surface area contributed by atoms with Gasteiger partial charge in [0, 0.05) is 0 Å². The van der Waals surface area contributed by atoms with Crippen LogP contribution in [0, 0.1) is 0 Å². The van der Waals surface area contributed by atoms with Crippen LogP contribution in [0.4, 0.5) is 0 Å². The van der Waals surface area contributed by atoms with Gasteiger partial charge in [-0.3, -0.25) is 0 Å². The minimum atomic E-state index is -3.78. The number of carbonyl (C=O) groups is 1. The molecule has 1 aromatic carbocycles. The Hall–Kier alpha value is -1.48. The summed E-state index contributed by atoms with van der Waals surface area (Å²) >= 11 is 0. The Kier molecular flexibility index (Phi) is 5.85. The number of rotatable bonds is 8. The second-order valence-corrected chi connectivity index (χ2v) is 6.54. The quantitative estimate of drug-likeness (QED) is 0.532. The normalized spacial score (nSPS) is 12.3. The Morgan fingerprint density at radius 1 is 1.19 bits per heavy atom. The molecule has 4 N–H and O–H groups in total. The van der Waals surface area contributed by atoms with E-state index in [-0.39, 0.29) is 17.7 Å². The van der Waals surface area contributed by atoms with Crippen molar-refractivity contribution < 1.29 is 28.5 Å². The van der Waals surface area contributed by atoms with Gasteiger partial charge in [-0.05, 0) is 24.1 Å². The number of hydrogen-bond donors (Lipinski definition) is 4. The summed E-state index contributed by atoms with van der Waals surface area (Å²) in [5.74, 6) is -1.46. The van der Waals surface area contributed by atoms with Crippen LogP contribution < -0.4 is 4.72 Å². The highest BCUT2D eigenvalue weighted by Crippen LogP contribution is 2.14. The Morgan fingerprint density at radius 2 is 1.71 bits per heavy atom. The van der Waals surface area contributed by atoms with Crippen molar-refractivity contribution in [1.82, 2.24) is 4.72 Å². The minimum Gasteiger partial charge on any atom is -0.478 e. The molecule has 0 saturated carbocycles. The van der Waals surface area contributed by atoms with Crippen LogP contribution in [0.5, 0.6) is 0 Å². The summed E-state index contributed by atoms with van der Waals surface area (Å²) in [5.41, 5.74) is -0.814. The molecule has 1 aromatic rings. The number of carboxylic acid groups (broad SMARTS) is 1. The first-order valence-electron chi connectivity index (χ1n) is 6.33. The van der Waals surface area contributed by atoms with E-state index in [4.69, 9.17) is 5.11 Å². The van der Waals surface area contributed by atoms with E-state index < -0.39 is 34.7 Å². The largest absolute Gasteiger partial charge is 0.478 e. The fourth-order valence-corrected chi connectivity index (χ4v) is 3.38. The predicted octanol–water partition coefficient (Wildman–Crippen LogP) is -0.0624. The average Bonchev–Trinajstić information content (AvgIpc) is 2.45. The van der Waals surface area contributed by atoms with Gasteiger partial charge in [0.2, 0.25) is 10.0 Å². The van der Waals surface area contributed by atoms with Gasteiger partial charge in [0.1, 0.15) is 0 Å². The number of hydrogen-bond acceptors (Lipinski definition) is 5. The van der Waals surface area contributed by atoms with Gasteiger partial charge in [0.15, 0.2) is 0 Å². The zero-order chi connectivity index (χ0) is 16.1. The summed E-state index contributed by atoms with van der Waals surface area (Å²) in [6.07, 6.45) is 0.233. The molecule has 0 fully saturated rings. The van der Waals surface area contributed by atoms with Crippen LogP contribution >= 0.6 is 0 Å². The first-order valence-corrected chi connectivity index (χ1v) is 7.98. The Morgan fingerprint density at radius 3 is 2.10 bits per heavy atom. The van der Waals surface area contributed by atoms with Gasteiger partial charge in [-0.1, -0.05) is 19.1 Å². The number of sulfonamides is 1. The summed E-state index contributed by atoms with van der Waals surface area (Å²) in [4.78, 5) is 10.7. The highest BCUT2D eigenvalue weighted by Gasteiger charge is 2.31. The number of aromatic carboxylic acids is 1. The molecule has 118 valence electrons. The molecule has 0 atom stereocenters. The van der Waals surface area contributed by atoms with E-state index in [1.54, 1.807) is 6.92 Å². The number of carboxylic acids is 1. The zero-order valence-electron chi connectivity index (χ0n) is 11.6. The maximum Gasteiger partial charge on any atom is 0.335 e. The predicted molar refractivity (Wildman–Crippen MR) is 76.4 cm³/mol. The fourth-order valence-electron chi connectivity index (χ4n) is 1.74. The highest BCUT2D eigenvalue weighted by atomic mass is 32.2. The van der Waals surface area contributed by atoms with E-state index in [1.165, 1.54) is 24.3 Å². The Bertz CT molecular complexity index is 569. The lowest BCUT2D eigenvalue weighted by molar-refractivity contribution is 0.0697. The van der Waals surface area contributed by atoms with Gasteiger partial charge < -0.3 is 15.3 Å². The molecule has 0 aromatic heterocycles. The van der Waals surface area contributed by atoms with E-state index in [1.807, 2.05) is 0 Å². The third-order valence-electron chi connectivity index (χ3n) is 3.21. The van der Waals surface area contributed by atoms with Crippen LogP contribution in [0.1, 0.15) is 29.3 Å². The van der Waals surface area contributed by atoms with Crippen molar-refractivity contribution in [3.63, 3.8) is 0 Å². The summed E-state index contributed by atoms with van der Waals surface area (Å²) < 4.78 is 26.4. The molecule has 0 bridgehead atoms. The topological polar surface area (TPSA) is 124 Å². The van der Waals surface area contributed by atoms with Crippen molar-refractivity contribution in [1.29, 1.82) is 0 Å². The van der Waals surface area contributed by atoms with Gasteiger partial charge in [-0.15, -0.1) is 0 Å². The minimum absolute atomic E-state index is 0.0673. The van der Waals surface area contributed by atoms with Crippen molar-refractivity contribution >= 4 is 16.0 Å². The molecule has 0 radical (unpaired) electrons.